The predicted molar refractivity (Wildman–Crippen MR) is 78.9 cm³/mol. The zero-order chi connectivity index (χ0) is 14.7. The highest BCUT2D eigenvalue weighted by molar-refractivity contribution is 9.10. The Hall–Kier alpha value is -1.93. The Morgan fingerprint density at radius 2 is 2.20 bits per heavy atom. The van der Waals surface area contributed by atoms with E-state index in [4.69, 9.17) is 10.9 Å². The summed E-state index contributed by atoms with van der Waals surface area (Å²) in [5, 5.41) is 15.7. The van der Waals surface area contributed by atoms with Crippen molar-refractivity contribution in [1.82, 2.24) is 0 Å². The number of amides is 1. The number of oxime groups is 1. The first kappa shape index (κ1) is 14.5. The van der Waals surface area contributed by atoms with Crippen LogP contribution >= 0.6 is 27.3 Å². The van der Waals surface area contributed by atoms with Crippen LogP contribution in [0, 0.1) is 5.82 Å². The zero-order valence-corrected chi connectivity index (χ0v) is 12.3. The van der Waals surface area contributed by atoms with Gasteiger partial charge in [0.2, 0.25) is 0 Å². The highest BCUT2D eigenvalue weighted by atomic mass is 79.9. The van der Waals surface area contributed by atoms with Crippen molar-refractivity contribution in [2.45, 2.75) is 0 Å². The van der Waals surface area contributed by atoms with Gasteiger partial charge < -0.3 is 16.3 Å². The molecule has 1 amide bonds. The Bertz CT molecular complexity index is 687. The second kappa shape index (κ2) is 6.02. The molecule has 0 saturated carbocycles. The van der Waals surface area contributed by atoms with Gasteiger partial charge in [0.15, 0.2) is 5.84 Å². The summed E-state index contributed by atoms with van der Waals surface area (Å²) in [6.45, 7) is 0. The van der Waals surface area contributed by atoms with Gasteiger partial charge in [0.1, 0.15) is 10.7 Å². The van der Waals surface area contributed by atoms with Gasteiger partial charge in [-0.05, 0) is 39.5 Å². The summed E-state index contributed by atoms with van der Waals surface area (Å²) in [7, 11) is 0. The Balaban J connectivity index is 2.38. The zero-order valence-electron chi connectivity index (χ0n) is 9.93. The molecule has 0 spiro atoms. The normalized spacial score (nSPS) is 11.4. The van der Waals surface area contributed by atoms with Crippen LogP contribution in [0.15, 0.2) is 39.3 Å². The largest absolute Gasteiger partial charge is 0.409 e. The number of nitrogens with zero attached hydrogens (tertiary/aromatic N) is 1. The Morgan fingerprint density at radius 1 is 1.45 bits per heavy atom. The molecular weight excluding hydrogens is 349 g/mol. The molecule has 0 saturated heterocycles. The molecule has 104 valence electrons. The molecule has 2 rings (SSSR count). The molecule has 0 radical (unpaired) electrons. The van der Waals surface area contributed by atoms with E-state index in [0.29, 0.717) is 9.35 Å². The fraction of sp³-hybridized carbons (Fsp3) is 0. The summed E-state index contributed by atoms with van der Waals surface area (Å²) in [6.07, 6.45) is 0. The molecular formula is C12H9BrFN3O2S. The lowest BCUT2D eigenvalue weighted by Crippen LogP contribution is -2.20. The average Bonchev–Trinajstić information content (AvgIpc) is 2.84. The van der Waals surface area contributed by atoms with Gasteiger partial charge in [0, 0.05) is 4.47 Å². The van der Waals surface area contributed by atoms with Gasteiger partial charge in [-0.15, -0.1) is 11.3 Å². The third-order valence-corrected chi connectivity index (χ3v) is 4.29. The summed E-state index contributed by atoms with van der Waals surface area (Å²) in [5.41, 5.74) is 5.40. The minimum absolute atomic E-state index is 0.130. The van der Waals surface area contributed by atoms with E-state index >= 15 is 0 Å². The van der Waals surface area contributed by atoms with Gasteiger partial charge in [-0.25, -0.2) is 4.39 Å². The van der Waals surface area contributed by atoms with Crippen LogP contribution < -0.4 is 11.1 Å². The number of rotatable bonds is 3. The molecule has 4 N–H and O–H groups in total. The number of anilines is 1. The molecule has 2 aromatic rings. The third-order valence-electron chi connectivity index (χ3n) is 2.45. The molecule has 0 aliphatic carbocycles. The van der Waals surface area contributed by atoms with Crippen LogP contribution in [0.5, 0.6) is 0 Å². The van der Waals surface area contributed by atoms with Gasteiger partial charge in [0.25, 0.3) is 5.91 Å². The van der Waals surface area contributed by atoms with Crippen molar-refractivity contribution >= 4 is 44.7 Å². The summed E-state index contributed by atoms with van der Waals surface area (Å²) >= 11 is 4.48. The van der Waals surface area contributed by atoms with Crippen molar-refractivity contribution in [3.8, 4) is 0 Å². The molecule has 0 atom stereocenters. The topological polar surface area (TPSA) is 87.7 Å². The van der Waals surface area contributed by atoms with Crippen molar-refractivity contribution in [2.75, 3.05) is 5.32 Å². The molecule has 1 aromatic carbocycles. The number of thiophene rings is 1. The highest BCUT2D eigenvalue weighted by Gasteiger charge is 2.17. The molecule has 1 aromatic heterocycles. The van der Waals surface area contributed by atoms with E-state index in [9.17, 15) is 9.18 Å². The van der Waals surface area contributed by atoms with E-state index in [0.717, 1.165) is 6.07 Å². The highest BCUT2D eigenvalue weighted by Crippen LogP contribution is 2.25. The maximum atomic E-state index is 13.7. The lowest BCUT2D eigenvalue weighted by Gasteiger charge is -2.10. The molecule has 0 bridgehead atoms. The smallest absolute Gasteiger partial charge is 0.266 e. The van der Waals surface area contributed by atoms with E-state index in [-0.39, 0.29) is 11.3 Å². The number of hydrogen-bond acceptors (Lipinski definition) is 4. The number of nitrogens with one attached hydrogen (secondary N) is 1. The fourth-order valence-electron chi connectivity index (χ4n) is 1.57. The first-order chi connectivity index (χ1) is 9.54. The van der Waals surface area contributed by atoms with Crippen molar-refractivity contribution in [3.63, 3.8) is 0 Å². The predicted octanol–water partition coefficient (Wildman–Crippen LogP) is 3.00. The number of halogens is 2. The second-order valence-electron chi connectivity index (χ2n) is 3.70. The average molecular weight is 358 g/mol. The lowest BCUT2D eigenvalue weighted by atomic mass is 10.1. The van der Waals surface area contributed by atoms with E-state index < -0.39 is 17.6 Å². The maximum Gasteiger partial charge on any atom is 0.266 e. The van der Waals surface area contributed by atoms with Gasteiger partial charge in [0.05, 0.1) is 11.3 Å². The lowest BCUT2D eigenvalue weighted by molar-refractivity contribution is 0.103. The quantitative estimate of drug-likeness (QED) is 0.341. The standard InChI is InChI=1S/C12H9BrFN3O2S/c13-6-4-5-20-10(6)12(18)16-8-3-1-2-7(14)9(8)11(15)17-19/h1-5,19H,(H2,15,17)(H,16,18). The first-order valence-corrected chi connectivity index (χ1v) is 7.02. The third kappa shape index (κ3) is 2.81. The molecule has 0 aliphatic heterocycles. The van der Waals surface area contributed by atoms with E-state index in [1.165, 1.54) is 23.5 Å². The minimum atomic E-state index is -0.691. The number of hydrogen-bond donors (Lipinski definition) is 3. The number of amidine groups is 1. The molecule has 0 unspecified atom stereocenters. The summed E-state index contributed by atoms with van der Waals surface area (Å²) in [6, 6.07) is 5.78. The Labute approximate surface area is 126 Å². The molecule has 1 heterocycles. The summed E-state index contributed by atoms with van der Waals surface area (Å²) < 4.78 is 14.4. The molecule has 0 aliphatic rings. The Kier molecular flexibility index (Phi) is 4.35. The number of benzene rings is 1. The van der Waals surface area contributed by atoms with E-state index in [1.54, 1.807) is 11.4 Å². The second-order valence-corrected chi connectivity index (χ2v) is 5.47. The molecule has 0 fully saturated rings. The molecule has 8 heteroatoms. The fourth-order valence-corrected chi connectivity index (χ4v) is 3.02. The van der Waals surface area contributed by atoms with Crippen LogP contribution in [-0.2, 0) is 0 Å². The van der Waals surface area contributed by atoms with Crippen LogP contribution in [0.3, 0.4) is 0 Å². The molecule has 5 nitrogen and oxygen atoms in total. The minimum Gasteiger partial charge on any atom is -0.409 e. The number of carbonyl (C=O) groups excluding carboxylic acids is 1. The molecule has 20 heavy (non-hydrogen) atoms. The van der Waals surface area contributed by atoms with Crippen molar-refractivity contribution in [1.29, 1.82) is 0 Å². The van der Waals surface area contributed by atoms with Crippen LogP contribution in [0.4, 0.5) is 10.1 Å². The monoisotopic (exact) mass is 357 g/mol. The van der Waals surface area contributed by atoms with Crippen molar-refractivity contribution in [2.24, 2.45) is 10.9 Å². The van der Waals surface area contributed by atoms with Gasteiger partial charge in [-0.1, -0.05) is 11.2 Å². The van der Waals surface area contributed by atoms with Crippen molar-refractivity contribution in [3.05, 3.63) is 50.4 Å². The van der Waals surface area contributed by atoms with E-state index in [1.807, 2.05) is 0 Å². The van der Waals surface area contributed by atoms with Crippen LogP contribution in [-0.4, -0.2) is 17.0 Å². The van der Waals surface area contributed by atoms with Gasteiger partial charge >= 0.3 is 0 Å². The van der Waals surface area contributed by atoms with E-state index in [2.05, 4.69) is 26.4 Å². The maximum absolute atomic E-state index is 13.7. The Morgan fingerprint density at radius 3 is 2.80 bits per heavy atom. The first-order valence-electron chi connectivity index (χ1n) is 5.35. The van der Waals surface area contributed by atoms with Crippen molar-refractivity contribution < 1.29 is 14.4 Å². The van der Waals surface area contributed by atoms with Crippen LogP contribution in [0.25, 0.3) is 0 Å². The van der Waals surface area contributed by atoms with Crippen LogP contribution in [0.1, 0.15) is 15.2 Å². The summed E-state index contributed by atoms with van der Waals surface area (Å²) in [5.74, 6) is -1.52. The van der Waals surface area contributed by atoms with Crippen LogP contribution in [0.2, 0.25) is 0 Å². The number of carbonyl (C=O) groups is 1. The summed E-state index contributed by atoms with van der Waals surface area (Å²) in [4.78, 5) is 12.5. The SMILES string of the molecule is NC(=NO)c1c(F)cccc1NC(=O)c1sccc1Br. The van der Waals surface area contributed by atoms with Gasteiger partial charge in [-0.3, -0.25) is 4.79 Å². The van der Waals surface area contributed by atoms with Gasteiger partial charge in [-0.2, -0.15) is 0 Å². The number of nitrogens with two attached hydrogens (primary N) is 1.